The molecule has 3 rings (SSSR count). The molecule has 0 bridgehead atoms. The van der Waals surface area contributed by atoms with Gasteiger partial charge in [-0.1, -0.05) is 42.1 Å². The third-order valence-electron chi connectivity index (χ3n) is 5.08. The maximum Gasteiger partial charge on any atom is 0.268 e. The molecule has 8 nitrogen and oxygen atoms in total. The number of carbonyl (C=O) groups excluding carboxylic acids is 1. The molecular weight excluding hydrogens is 462 g/mol. The third-order valence-corrected chi connectivity index (χ3v) is 7.67. The molecule has 0 aliphatic rings. The Labute approximate surface area is 198 Å². The minimum atomic E-state index is -4.01. The molecule has 0 aliphatic carbocycles. The van der Waals surface area contributed by atoms with E-state index in [-0.39, 0.29) is 16.2 Å². The molecule has 1 amide bonds. The van der Waals surface area contributed by atoms with E-state index in [4.69, 9.17) is 9.57 Å². The SMILES string of the molecule is CCCc1ccc(-c2nc(NC(=O)c3ccc(OC)c(S(=O)(=O)N(C)OC)c3)sc2C)cc1. The largest absolute Gasteiger partial charge is 0.495 e. The van der Waals surface area contributed by atoms with Crippen molar-refractivity contribution in [2.24, 2.45) is 0 Å². The first kappa shape index (κ1) is 24.8. The number of aryl methyl sites for hydroxylation is 2. The van der Waals surface area contributed by atoms with Crippen molar-refractivity contribution in [3.8, 4) is 17.0 Å². The molecule has 3 aromatic rings. The standard InChI is InChI=1S/C23H27N3O5S2/c1-6-7-16-8-10-17(11-9-16)21-15(2)32-23(24-21)25-22(27)18-12-13-19(30-4)20(14-18)33(28,29)26(3)31-5/h8-14H,6-7H2,1-5H3,(H,24,25,27). The monoisotopic (exact) mass is 489 g/mol. The number of carbonyl (C=O) groups is 1. The number of anilines is 1. The number of benzene rings is 2. The van der Waals surface area contributed by atoms with Crippen molar-refractivity contribution in [2.75, 3.05) is 26.6 Å². The lowest BCUT2D eigenvalue weighted by Crippen LogP contribution is -2.26. The van der Waals surface area contributed by atoms with Crippen LogP contribution in [0.25, 0.3) is 11.3 Å². The second kappa shape index (κ2) is 10.4. The van der Waals surface area contributed by atoms with Crippen LogP contribution in [0.5, 0.6) is 5.75 Å². The van der Waals surface area contributed by atoms with Crippen LogP contribution in [0.2, 0.25) is 0 Å². The lowest BCUT2D eigenvalue weighted by atomic mass is 10.1. The summed E-state index contributed by atoms with van der Waals surface area (Å²) in [6.45, 7) is 4.09. The number of hydrogen-bond acceptors (Lipinski definition) is 7. The van der Waals surface area contributed by atoms with Gasteiger partial charge in [0.1, 0.15) is 10.6 Å². The van der Waals surface area contributed by atoms with Gasteiger partial charge >= 0.3 is 0 Å². The van der Waals surface area contributed by atoms with Crippen LogP contribution in [0.1, 0.15) is 34.1 Å². The maximum absolute atomic E-state index is 12.9. The fourth-order valence-electron chi connectivity index (χ4n) is 3.26. The van der Waals surface area contributed by atoms with Gasteiger partial charge in [-0.05, 0) is 37.1 Å². The van der Waals surface area contributed by atoms with Gasteiger partial charge in [0.2, 0.25) is 0 Å². The topological polar surface area (TPSA) is 97.8 Å². The molecule has 0 fully saturated rings. The van der Waals surface area contributed by atoms with Crippen LogP contribution in [0.3, 0.4) is 0 Å². The highest BCUT2D eigenvalue weighted by Crippen LogP contribution is 2.32. The molecule has 0 radical (unpaired) electrons. The summed E-state index contributed by atoms with van der Waals surface area (Å²) < 4.78 is 31.3. The first-order chi connectivity index (χ1) is 15.7. The van der Waals surface area contributed by atoms with Gasteiger partial charge in [0.25, 0.3) is 15.9 Å². The van der Waals surface area contributed by atoms with Crippen LogP contribution in [-0.2, 0) is 21.3 Å². The average molecular weight is 490 g/mol. The Morgan fingerprint density at radius 1 is 1.15 bits per heavy atom. The van der Waals surface area contributed by atoms with E-state index in [0.717, 1.165) is 29.0 Å². The van der Waals surface area contributed by atoms with E-state index >= 15 is 0 Å². The lowest BCUT2D eigenvalue weighted by molar-refractivity contribution is -0.0259. The van der Waals surface area contributed by atoms with Crippen LogP contribution < -0.4 is 10.1 Å². The van der Waals surface area contributed by atoms with Crippen molar-refractivity contribution in [2.45, 2.75) is 31.6 Å². The van der Waals surface area contributed by atoms with E-state index < -0.39 is 15.9 Å². The highest BCUT2D eigenvalue weighted by Gasteiger charge is 2.26. The second-order valence-corrected chi connectivity index (χ2v) is 10.4. The Morgan fingerprint density at radius 2 is 1.85 bits per heavy atom. The van der Waals surface area contributed by atoms with Crippen molar-refractivity contribution >= 4 is 32.4 Å². The molecule has 0 atom stereocenters. The van der Waals surface area contributed by atoms with Crippen molar-refractivity contribution in [3.63, 3.8) is 0 Å². The highest BCUT2D eigenvalue weighted by atomic mass is 32.2. The van der Waals surface area contributed by atoms with Gasteiger partial charge in [-0.15, -0.1) is 11.3 Å². The van der Waals surface area contributed by atoms with Gasteiger partial charge in [-0.3, -0.25) is 14.9 Å². The summed E-state index contributed by atoms with van der Waals surface area (Å²) in [6.07, 6.45) is 2.11. The zero-order chi connectivity index (χ0) is 24.2. The average Bonchev–Trinajstić information content (AvgIpc) is 3.18. The molecule has 0 saturated heterocycles. The quantitative estimate of drug-likeness (QED) is 0.444. The van der Waals surface area contributed by atoms with Gasteiger partial charge in [0.05, 0.1) is 19.9 Å². The second-order valence-electron chi connectivity index (χ2n) is 7.29. The molecule has 33 heavy (non-hydrogen) atoms. The van der Waals surface area contributed by atoms with Crippen LogP contribution in [-0.4, -0.2) is 45.0 Å². The van der Waals surface area contributed by atoms with E-state index in [1.165, 1.54) is 56.4 Å². The van der Waals surface area contributed by atoms with E-state index in [1.54, 1.807) is 0 Å². The predicted octanol–water partition coefficient (Wildman–Crippen LogP) is 4.51. The van der Waals surface area contributed by atoms with Crippen LogP contribution >= 0.6 is 11.3 Å². The maximum atomic E-state index is 12.9. The Morgan fingerprint density at radius 3 is 2.45 bits per heavy atom. The molecular formula is C23H27N3O5S2. The third kappa shape index (κ3) is 5.41. The lowest BCUT2D eigenvalue weighted by Gasteiger charge is -2.17. The molecule has 1 heterocycles. The summed E-state index contributed by atoms with van der Waals surface area (Å²) >= 11 is 1.36. The number of rotatable bonds is 9. The zero-order valence-electron chi connectivity index (χ0n) is 19.2. The molecule has 10 heteroatoms. The van der Waals surface area contributed by atoms with E-state index in [0.29, 0.717) is 9.60 Å². The molecule has 1 aromatic heterocycles. The smallest absolute Gasteiger partial charge is 0.268 e. The number of ether oxygens (including phenoxy) is 1. The molecule has 0 saturated carbocycles. The van der Waals surface area contributed by atoms with Crippen molar-refractivity contribution in [1.82, 2.24) is 9.45 Å². The minimum Gasteiger partial charge on any atom is -0.495 e. The van der Waals surface area contributed by atoms with Gasteiger partial charge in [-0.2, -0.15) is 0 Å². The molecule has 2 aromatic carbocycles. The summed E-state index contributed by atoms with van der Waals surface area (Å²) in [7, 11) is -0.161. The Hall–Kier alpha value is -2.79. The summed E-state index contributed by atoms with van der Waals surface area (Å²) in [4.78, 5) is 23.1. The first-order valence-corrected chi connectivity index (χ1v) is 12.6. The number of nitrogens with zero attached hydrogens (tertiary/aromatic N) is 2. The number of hydroxylamine groups is 1. The molecule has 1 N–H and O–H groups in total. The number of nitrogens with one attached hydrogen (secondary N) is 1. The first-order valence-electron chi connectivity index (χ1n) is 10.3. The van der Waals surface area contributed by atoms with Crippen molar-refractivity contribution in [3.05, 3.63) is 58.5 Å². The summed E-state index contributed by atoms with van der Waals surface area (Å²) in [5.74, 6) is -0.373. The number of hydrogen-bond donors (Lipinski definition) is 1. The number of sulfonamides is 1. The fraction of sp³-hybridized carbons (Fsp3) is 0.304. The van der Waals surface area contributed by atoms with Crippen LogP contribution in [0, 0.1) is 6.92 Å². The van der Waals surface area contributed by atoms with Crippen molar-refractivity contribution < 1.29 is 22.8 Å². The van der Waals surface area contributed by atoms with Crippen LogP contribution in [0.15, 0.2) is 47.4 Å². The molecule has 0 spiro atoms. The molecule has 0 unspecified atom stereocenters. The molecule has 176 valence electrons. The van der Waals surface area contributed by atoms with Crippen LogP contribution in [0.4, 0.5) is 5.13 Å². The normalized spacial score (nSPS) is 11.6. The Kier molecular flexibility index (Phi) is 7.85. The van der Waals surface area contributed by atoms with Gasteiger partial charge in [0, 0.05) is 23.1 Å². The number of aromatic nitrogens is 1. The Balaban J connectivity index is 1.86. The predicted molar refractivity (Wildman–Crippen MR) is 129 cm³/mol. The van der Waals surface area contributed by atoms with E-state index in [9.17, 15) is 13.2 Å². The number of methoxy groups -OCH3 is 1. The van der Waals surface area contributed by atoms with Gasteiger partial charge in [0.15, 0.2) is 5.13 Å². The number of thiazole rings is 1. The van der Waals surface area contributed by atoms with E-state index in [2.05, 4.69) is 29.4 Å². The molecule has 0 aliphatic heterocycles. The summed E-state index contributed by atoms with van der Waals surface area (Å²) in [5, 5.41) is 3.20. The zero-order valence-corrected chi connectivity index (χ0v) is 20.8. The number of amides is 1. The van der Waals surface area contributed by atoms with Gasteiger partial charge < -0.3 is 4.74 Å². The minimum absolute atomic E-state index is 0.106. The van der Waals surface area contributed by atoms with Crippen molar-refractivity contribution in [1.29, 1.82) is 0 Å². The Bertz CT molecular complexity index is 1240. The van der Waals surface area contributed by atoms with E-state index in [1.807, 2.05) is 19.1 Å². The summed E-state index contributed by atoms with van der Waals surface area (Å²) in [5.41, 5.74) is 3.20. The highest BCUT2D eigenvalue weighted by molar-refractivity contribution is 7.89. The fourth-order valence-corrected chi connectivity index (χ4v) is 5.25. The van der Waals surface area contributed by atoms with Gasteiger partial charge in [-0.25, -0.2) is 13.4 Å². The summed E-state index contributed by atoms with van der Waals surface area (Å²) in [6, 6.07) is 12.4.